The molecular formula is C21H25N5O5S. The van der Waals surface area contributed by atoms with Gasteiger partial charge in [0, 0.05) is 18.7 Å². The molecule has 1 aliphatic heterocycles. The first-order valence-corrected chi connectivity index (χ1v) is 11.5. The van der Waals surface area contributed by atoms with Gasteiger partial charge in [0.1, 0.15) is 0 Å². The summed E-state index contributed by atoms with van der Waals surface area (Å²) in [5, 5.41) is 2.49. The molecule has 170 valence electrons. The number of benzene rings is 2. The molecule has 32 heavy (non-hydrogen) atoms. The number of carbonyl (C=O) groups excluding carboxylic acids is 3. The Morgan fingerprint density at radius 2 is 1.56 bits per heavy atom. The van der Waals surface area contributed by atoms with Crippen LogP contribution in [0.4, 0.5) is 4.79 Å². The number of primary amides is 1. The van der Waals surface area contributed by atoms with Crippen molar-refractivity contribution in [3.63, 3.8) is 0 Å². The molecule has 4 amide bonds. The molecule has 0 bridgehead atoms. The molecule has 11 heteroatoms. The van der Waals surface area contributed by atoms with Gasteiger partial charge in [0.2, 0.25) is 15.9 Å². The van der Waals surface area contributed by atoms with Gasteiger partial charge in [-0.1, -0.05) is 30.3 Å². The van der Waals surface area contributed by atoms with Crippen LogP contribution < -0.4 is 21.9 Å². The van der Waals surface area contributed by atoms with Gasteiger partial charge in [0.25, 0.3) is 5.91 Å². The van der Waals surface area contributed by atoms with Crippen LogP contribution in [0, 0.1) is 0 Å². The third-order valence-corrected chi connectivity index (χ3v) is 6.96. The number of urea groups is 1. The van der Waals surface area contributed by atoms with Gasteiger partial charge in [-0.15, -0.1) is 0 Å². The van der Waals surface area contributed by atoms with Crippen molar-refractivity contribution in [1.29, 1.82) is 0 Å². The van der Waals surface area contributed by atoms with Crippen LogP contribution in [0.25, 0.3) is 0 Å². The SMILES string of the molecule is NC(=O)NC(CC(=O)NNC(=O)c1ccc(S(=O)(=O)N2CCCC2)cc1)c1ccccc1. The minimum Gasteiger partial charge on any atom is -0.352 e. The third kappa shape index (κ3) is 5.83. The highest BCUT2D eigenvalue weighted by Crippen LogP contribution is 2.21. The lowest BCUT2D eigenvalue weighted by atomic mass is 10.0. The van der Waals surface area contributed by atoms with E-state index in [-0.39, 0.29) is 16.9 Å². The summed E-state index contributed by atoms with van der Waals surface area (Å²) in [6, 6.07) is 12.9. The molecule has 0 aliphatic carbocycles. The number of nitrogens with two attached hydrogens (primary N) is 1. The number of amides is 4. The van der Waals surface area contributed by atoms with Crippen molar-refractivity contribution in [1.82, 2.24) is 20.5 Å². The summed E-state index contributed by atoms with van der Waals surface area (Å²) in [6.07, 6.45) is 1.51. The van der Waals surface area contributed by atoms with Crippen LogP contribution in [0.2, 0.25) is 0 Å². The molecular weight excluding hydrogens is 434 g/mol. The number of rotatable bonds is 7. The standard InChI is InChI=1S/C21H25N5O5S/c22-21(29)23-18(15-6-2-1-3-7-15)14-19(27)24-25-20(28)16-8-10-17(11-9-16)32(30,31)26-12-4-5-13-26/h1-3,6-11,18H,4-5,12-14H2,(H,24,27)(H,25,28)(H3,22,23,29). The maximum atomic E-state index is 12.6. The maximum Gasteiger partial charge on any atom is 0.312 e. The maximum absolute atomic E-state index is 12.6. The first-order chi connectivity index (χ1) is 15.3. The van der Waals surface area contributed by atoms with Crippen LogP contribution in [0.5, 0.6) is 0 Å². The molecule has 2 aromatic rings. The Kier molecular flexibility index (Phi) is 7.44. The highest BCUT2D eigenvalue weighted by Gasteiger charge is 2.27. The first kappa shape index (κ1) is 23.2. The molecule has 1 saturated heterocycles. The number of sulfonamides is 1. The van der Waals surface area contributed by atoms with E-state index < -0.39 is 33.9 Å². The van der Waals surface area contributed by atoms with Crippen molar-refractivity contribution < 1.29 is 22.8 Å². The Bertz CT molecular complexity index is 1070. The van der Waals surface area contributed by atoms with Crippen molar-refractivity contribution >= 4 is 27.9 Å². The number of hydrogen-bond acceptors (Lipinski definition) is 5. The monoisotopic (exact) mass is 459 g/mol. The second kappa shape index (κ2) is 10.2. The lowest BCUT2D eigenvalue weighted by Crippen LogP contribution is -2.44. The Labute approximate surface area is 186 Å². The van der Waals surface area contributed by atoms with Crippen LogP contribution >= 0.6 is 0 Å². The topological polar surface area (TPSA) is 151 Å². The normalized spacial score (nSPS) is 15.0. The molecule has 2 aromatic carbocycles. The molecule has 1 heterocycles. The Balaban J connectivity index is 1.57. The molecule has 10 nitrogen and oxygen atoms in total. The number of carbonyl (C=O) groups is 3. The molecule has 0 saturated carbocycles. The van der Waals surface area contributed by atoms with Crippen LogP contribution in [0.15, 0.2) is 59.5 Å². The molecule has 0 spiro atoms. The van der Waals surface area contributed by atoms with Crippen molar-refractivity contribution in [2.75, 3.05) is 13.1 Å². The molecule has 1 aliphatic rings. The Morgan fingerprint density at radius 1 is 0.938 bits per heavy atom. The van der Waals surface area contributed by atoms with Crippen molar-refractivity contribution in [2.45, 2.75) is 30.2 Å². The van der Waals surface area contributed by atoms with Gasteiger partial charge in [0.05, 0.1) is 17.4 Å². The third-order valence-electron chi connectivity index (χ3n) is 5.04. The fourth-order valence-electron chi connectivity index (χ4n) is 3.40. The summed E-state index contributed by atoms with van der Waals surface area (Å²) < 4.78 is 26.5. The second-order valence-corrected chi connectivity index (χ2v) is 9.25. The van der Waals surface area contributed by atoms with E-state index in [4.69, 9.17) is 5.73 Å². The van der Waals surface area contributed by atoms with Crippen LogP contribution in [0.3, 0.4) is 0 Å². The number of hydrazine groups is 1. The summed E-state index contributed by atoms with van der Waals surface area (Å²) in [4.78, 5) is 36.0. The van der Waals surface area contributed by atoms with E-state index in [1.165, 1.54) is 28.6 Å². The lowest BCUT2D eigenvalue weighted by molar-refractivity contribution is -0.122. The summed E-state index contributed by atoms with van der Waals surface area (Å²) in [5.74, 6) is -1.16. The number of nitrogens with one attached hydrogen (secondary N) is 3. The van der Waals surface area contributed by atoms with E-state index in [1.807, 2.05) is 0 Å². The minimum atomic E-state index is -3.57. The average molecular weight is 460 g/mol. The largest absolute Gasteiger partial charge is 0.352 e. The molecule has 0 aromatic heterocycles. The van der Waals surface area contributed by atoms with Gasteiger partial charge < -0.3 is 11.1 Å². The van der Waals surface area contributed by atoms with Gasteiger partial charge in [-0.25, -0.2) is 13.2 Å². The van der Waals surface area contributed by atoms with E-state index >= 15 is 0 Å². The number of nitrogens with zero attached hydrogens (tertiary/aromatic N) is 1. The van der Waals surface area contributed by atoms with Gasteiger partial charge in [-0.3, -0.25) is 20.4 Å². The van der Waals surface area contributed by atoms with E-state index in [0.717, 1.165) is 12.8 Å². The predicted molar refractivity (Wildman–Crippen MR) is 117 cm³/mol. The molecule has 5 N–H and O–H groups in total. The van der Waals surface area contributed by atoms with Crippen LogP contribution in [-0.4, -0.2) is 43.7 Å². The molecule has 1 unspecified atom stereocenters. The summed E-state index contributed by atoms with van der Waals surface area (Å²) in [5.41, 5.74) is 10.6. The second-order valence-electron chi connectivity index (χ2n) is 7.31. The highest BCUT2D eigenvalue weighted by molar-refractivity contribution is 7.89. The highest BCUT2D eigenvalue weighted by atomic mass is 32.2. The van der Waals surface area contributed by atoms with Crippen molar-refractivity contribution in [2.24, 2.45) is 5.73 Å². The number of hydrogen-bond donors (Lipinski definition) is 4. The van der Waals surface area contributed by atoms with E-state index in [2.05, 4.69) is 16.2 Å². The van der Waals surface area contributed by atoms with Gasteiger partial charge in [-0.05, 0) is 42.7 Å². The lowest BCUT2D eigenvalue weighted by Gasteiger charge is -2.18. The summed E-state index contributed by atoms with van der Waals surface area (Å²) in [6.45, 7) is 0.983. The Hall–Kier alpha value is -3.44. The summed E-state index contributed by atoms with van der Waals surface area (Å²) in [7, 11) is -3.57. The zero-order chi connectivity index (χ0) is 23.1. The first-order valence-electron chi connectivity index (χ1n) is 10.1. The van der Waals surface area contributed by atoms with E-state index in [1.54, 1.807) is 30.3 Å². The van der Waals surface area contributed by atoms with Gasteiger partial charge in [0.15, 0.2) is 0 Å². The minimum absolute atomic E-state index is 0.114. The Morgan fingerprint density at radius 3 is 2.16 bits per heavy atom. The molecule has 1 atom stereocenters. The fourth-order valence-corrected chi connectivity index (χ4v) is 4.92. The van der Waals surface area contributed by atoms with Gasteiger partial charge >= 0.3 is 6.03 Å². The predicted octanol–water partition coefficient (Wildman–Crippen LogP) is 1.03. The molecule has 1 fully saturated rings. The average Bonchev–Trinajstić information content (AvgIpc) is 3.33. The molecule has 0 radical (unpaired) electrons. The smallest absolute Gasteiger partial charge is 0.312 e. The zero-order valence-corrected chi connectivity index (χ0v) is 18.1. The van der Waals surface area contributed by atoms with Crippen LogP contribution in [-0.2, 0) is 14.8 Å². The van der Waals surface area contributed by atoms with Gasteiger partial charge in [-0.2, -0.15) is 4.31 Å². The zero-order valence-electron chi connectivity index (χ0n) is 17.3. The fraction of sp³-hybridized carbons (Fsp3) is 0.286. The van der Waals surface area contributed by atoms with Crippen molar-refractivity contribution in [3.05, 3.63) is 65.7 Å². The molecule has 3 rings (SSSR count). The van der Waals surface area contributed by atoms with E-state index in [9.17, 15) is 22.8 Å². The quantitative estimate of drug-likeness (QED) is 0.456. The summed E-state index contributed by atoms with van der Waals surface area (Å²) >= 11 is 0. The van der Waals surface area contributed by atoms with E-state index in [0.29, 0.717) is 18.7 Å². The van der Waals surface area contributed by atoms with Crippen molar-refractivity contribution in [3.8, 4) is 0 Å². The van der Waals surface area contributed by atoms with Crippen LogP contribution in [0.1, 0.15) is 41.2 Å².